The summed E-state index contributed by atoms with van der Waals surface area (Å²) < 4.78 is 5.09. The first-order valence-corrected chi connectivity index (χ1v) is 8.01. The summed E-state index contributed by atoms with van der Waals surface area (Å²) in [6.45, 7) is 3.64. The Balaban J connectivity index is 1.97. The molecule has 3 rings (SSSR count). The Bertz CT molecular complexity index is 757. The molecule has 0 saturated heterocycles. The average Bonchev–Trinajstić information content (AvgIpc) is 2.92. The van der Waals surface area contributed by atoms with Crippen LogP contribution in [0.4, 0.5) is 5.82 Å². The Hall–Kier alpha value is -2.05. The highest BCUT2D eigenvalue weighted by molar-refractivity contribution is 7.18. The smallest absolute Gasteiger partial charge is 0.164 e. The lowest BCUT2D eigenvalue weighted by atomic mass is 10.2. The van der Waals surface area contributed by atoms with Crippen molar-refractivity contribution in [2.45, 2.75) is 13.3 Å². The Morgan fingerprint density at radius 2 is 2.23 bits per heavy atom. The van der Waals surface area contributed by atoms with Gasteiger partial charge in [0.1, 0.15) is 10.6 Å². The predicted octanol–water partition coefficient (Wildman–Crippen LogP) is 3.51. The summed E-state index contributed by atoms with van der Waals surface area (Å²) in [6, 6.07) is 6.00. The van der Waals surface area contributed by atoms with Gasteiger partial charge in [0.15, 0.2) is 5.82 Å². The van der Waals surface area contributed by atoms with E-state index in [0.717, 1.165) is 41.2 Å². The van der Waals surface area contributed by atoms with Crippen LogP contribution in [-0.4, -0.2) is 35.2 Å². The van der Waals surface area contributed by atoms with Gasteiger partial charge in [-0.3, -0.25) is 4.98 Å². The molecule has 0 unspecified atom stereocenters. The van der Waals surface area contributed by atoms with Crippen LogP contribution in [0.1, 0.15) is 11.3 Å². The van der Waals surface area contributed by atoms with Crippen LogP contribution in [0, 0.1) is 6.92 Å². The number of nitrogens with one attached hydrogen (secondary N) is 1. The van der Waals surface area contributed by atoms with Crippen molar-refractivity contribution in [2.75, 3.05) is 25.6 Å². The number of nitrogens with zero attached hydrogens (tertiary/aromatic N) is 3. The van der Waals surface area contributed by atoms with Crippen LogP contribution in [0.25, 0.3) is 21.6 Å². The quantitative estimate of drug-likeness (QED) is 0.706. The van der Waals surface area contributed by atoms with E-state index in [4.69, 9.17) is 4.74 Å². The molecule has 0 radical (unpaired) electrons. The maximum absolute atomic E-state index is 5.09. The van der Waals surface area contributed by atoms with Crippen LogP contribution in [-0.2, 0) is 4.74 Å². The van der Waals surface area contributed by atoms with E-state index in [1.165, 1.54) is 4.88 Å². The molecule has 6 heteroatoms. The van der Waals surface area contributed by atoms with Gasteiger partial charge in [-0.1, -0.05) is 0 Å². The van der Waals surface area contributed by atoms with Crippen molar-refractivity contribution >= 4 is 27.4 Å². The van der Waals surface area contributed by atoms with Crippen LogP contribution in [0.2, 0.25) is 0 Å². The zero-order valence-corrected chi connectivity index (χ0v) is 13.5. The van der Waals surface area contributed by atoms with E-state index in [1.54, 1.807) is 30.8 Å². The highest BCUT2D eigenvalue weighted by atomic mass is 32.1. The van der Waals surface area contributed by atoms with Gasteiger partial charge >= 0.3 is 0 Å². The Morgan fingerprint density at radius 1 is 1.32 bits per heavy atom. The van der Waals surface area contributed by atoms with Crippen LogP contribution >= 0.6 is 11.3 Å². The largest absolute Gasteiger partial charge is 0.385 e. The number of hydrogen-bond acceptors (Lipinski definition) is 6. The van der Waals surface area contributed by atoms with E-state index in [0.29, 0.717) is 5.82 Å². The Labute approximate surface area is 133 Å². The third kappa shape index (κ3) is 3.23. The fourth-order valence-corrected chi connectivity index (χ4v) is 3.10. The molecule has 0 fully saturated rings. The summed E-state index contributed by atoms with van der Waals surface area (Å²) in [4.78, 5) is 15.7. The van der Waals surface area contributed by atoms with Gasteiger partial charge in [-0.15, -0.1) is 11.3 Å². The number of aryl methyl sites for hydroxylation is 1. The van der Waals surface area contributed by atoms with Gasteiger partial charge in [-0.05, 0) is 31.5 Å². The summed E-state index contributed by atoms with van der Waals surface area (Å²) in [6.07, 6.45) is 4.48. The second-order valence-electron chi connectivity index (χ2n) is 4.99. The summed E-state index contributed by atoms with van der Waals surface area (Å²) in [7, 11) is 1.71. The second kappa shape index (κ2) is 6.81. The van der Waals surface area contributed by atoms with E-state index in [2.05, 4.69) is 33.3 Å². The van der Waals surface area contributed by atoms with E-state index >= 15 is 0 Å². The minimum absolute atomic E-state index is 0.705. The predicted molar refractivity (Wildman–Crippen MR) is 90.4 cm³/mol. The molecular weight excluding hydrogens is 296 g/mol. The van der Waals surface area contributed by atoms with Crippen LogP contribution in [0.15, 0.2) is 30.6 Å². The van der Waals surface area contributed by atoms with Gasteiger partial charge in [-0.2, -0.15) is 0 Å². The molecule has 3 aromatic heterocycles. The van der Waals surface area contributed by atoms with E-state index < -0.39 is 0 Å². The maximum atomic E-state index is 5.09. The number of fused-ring (bicyclic) bond motifs is 1. The summed E-state index contributed by atoms with van der Waals surface area (Å²) in [5, 5.41) is 4.48. The lowest BCUT2D eigenvalue weighted by Gasteiger charge is -2.08. The van der Waals surface area contributed by atoms with Crippen molar-refractivity contribution in [3.05, 3.63) is 35.5 Å². The minimum atomic E-state index is 0.705. The van der Waals surface area contributed by atoms with Gasteiger partial charge < -0.3 is 10.1 Å². The molecular formula is C16H18N4OS. The monoisotopic (exact) mass is 314 g/mol. The van der Waals surface area contributed by atoms with Crippen molar-refractivity contribution in [1.29, 1.82) is 0 Å². The van der Waals surface area contributed by atoms with Crippen LogP contribution in [0.5, 0.6) is 0 Å². The van der Waals surface area contributed by atoms with Crippen LogP contribution in [0.3, 0.4) is 0 Å². The number of thiophene rings is 1. The standard InChI is InChI=1S/C16H18N4OS/c1-11-9-13-15(18-7-4-8-21-2)19-14(20-16(13)22-11)12-5-3-6-17-10-12/h3,5-6,9-10H,4,7-8H2,1-2H3,(H,18,19,20). The van der Waals surface area contributed by atoms with Crippen molar-refractivity contribution in [1.82, 2.24) is 15.0 Å². The maximum Gasteiger partial charge on any atom is 0.164 e. The lowest BCUT2D eigenvalue weighted by Crippen LogP contribution is -2.07. The molecule has 0 aromatic carbocycles. The number of ether oxygens (including phenoxy) is 1. The molecule has 0 saturated carbocycles. The van der Waals surface area contributed by atoms with E-state index in [9.17, 15) is 0 Å². The fourth-order valence-electron chi connectivity index (χ4n) is 2.22. The molecule has 0 spiro atoms. The van der Waals surface area contributed by atoms with Gasteiger partial charge in [0.25, 0.3) is 0 Å². The first-order chi connectivity index (χ1) is 10.8. The molecule has 0 bridgehead atoms. The topological polar surface area (TPSA) is 59.9 Å². The first-order valence-electron chi connectivity index (χ1n) is 7.19. The highest BCUT2D eigenvalue weighted by Crippen LogP contribution is 2.30. The summed E-state index contributed by atoms with van der Waals surface area (Å²) in [5.41, 5.74) is 0.926. The molecule has 3 aromatic rings. The number of pyridine rings is 1. The molecule has 22 heavy (non-hydrogen) atoms. The number of aromatic nitrogens is 3. The molecule has 114 valence electrons. The van der Waals surface area contributed by atoms with E-state index in [-0.39, 0.29) is 0 Å². The summed E-state index contributed by atoms with van der Waals surface area (Å²) >= 11 is 1.68. The number of methoxy groups -OCH3 is 1. The lowest BCUT2D eigenvalue weighted by molar-refractivity contribution is 0.198. The third-order valence-electron chi connectivity index (χ3n) is 3.25. The zero-order valence-electron chi connectivity index (χ0n) is 12.7. The molecule has 5 nitrogen and oxygen atoms in total. The number of anilines is 1. The minimum Gasteiger partial charge on any atom is -0.385 e. The average molecular weight is 314 g/mol. The van der Waals surface area contributed by atoms with Gasteiger partial charge in [0.05, 0.1) is 5.39 Å². The SMILES string of the molecule is COCCCNc1nc(-c2cccnc2)nc2sc(C)cc12. The second-order valence-corrected chi connectivity index (χ2v) is 6.22. The van der Waals surface area contributed by atoms with Gasteiger partial charge in [-0.25, -0.2) is 9.97 Å². The van der Waals surface area contributed by atoms with Gasteiger partial charge in [0, 0.05) is 43.1 Å². The normalized spacial score (nSPS) is 11.0. The summed E-state index contributed by atoms with van der Waals surface area (Å²) in [5.74, 6) is 1.58. The molecule has 0 aliphatic carbocycles. The number of hydrogen-bond donors (Lipinski definition) is 1. The zero-order chi connectivity index (χ0) is 15.4. The molecule has 0 atom stereocenters. The highest BCUT2D eigenvalue weighted by Gasteiger charge is 2.11. The van der Waals surface area contributed by atoms with Crippen molar-refractivity contribution in [3.8, 4) is 11.4 Å². The first kappa shape index (κ1) is 14.9. The fraction of sp³-hybridized carbons (Fsp3) is 0.312. The molecule has 1 N–H and O–H groups in total. The van der Waals surface area contributed by atoms with Crippen molar-refractivity contribution in [2.24, 2.45) is 0 Å². The Kier molecular flexibility index (Phi) is 4.60. The molecule has 3 heterocycles. The molecule has 0 aliphatic heterocycles. The van der Waals surface area contributed by atoms with Gasteiger partial charge in [0.2, 0.25) is 0 Å². The van der Waals surface area contributed by atoms with Crippen LogP contribution < -0.4 is 5.32 Å². The molecule has 0 aliphatic rings. The molecule has 0 amide bonds. The van der Waals surface area contributed by atoms with E-state index in [1.807, 2.05) is 12.1 Å². The van der Waals surface area contributed by atoms with Crippen molar-refractivity contribution in [3.63, 3.8) is 0 Å². The number of rotatable bonds is 6. The van der Waals surface area contributed by atoms with Crippen molar-refractivity contribution < 1.29 is 4.74 Å². The Morgan fingerprint density at radius 3 is 3.00 bits per heavy atom. The third-order valence-corrected chi connectivity index (χ3v) is 4.20.